The Balaban J connectivity index is 2.95. The van der Waals surface area contributed by atoms with Crippen molar-refractivity contribution in [3.63, 3.8) is 0 Å². The smallest absolute Gasteiger partial charge is 0.122 e. The topological polar surface area (TPSA) is 41.5 Å². The monoisotopic (exact) mass is 237 g/mol. The lowest BCUT2D eigenvalue weighted by Gasteiger charge is -2.23. The first kappa shape index (κ1) is 13.8. The SMILES string of the molecule is COc1cc(C)c(NC(CO)C(C)C)cc1C. The maximum atomic E-state index is 9.33. The zero-order valence-corrected chi connectivity index (χ0v) is 11.4. The maximum Gasteiger partial charge on any atom is 0.122 e. The molecule has 1 unspecified atom stereocenters. The van der Waals surface area contributed by atoms with Crippen LogP contribution in [0.1, 0.15) is 25.0 Å². The van der Waals surface area contributed by atoms with Gasteiger partial charge in [0.1, 0.15) is 5.75 Å². The quantitative estimate of drug-likeness (QED) is 0.827. The van der Waals surface area contributed by atoms with Crippen molar-refractivity contribution in [3.05, 3.63) is 23.3 Å². The van der Waals surface area contributed by atoms with Crippen LogP contribution in [0, 0.1) is 19.8 Å². The Morgan fingerprint density at radius 3 is 2.35 bits per heavy atom. The van der Waals surface area contributed by atoms with Crippen molar-refractivity contribution in [3.8, 4) is 5.75 Å². The van der Waals surface area contributed by atoms with Gasteiger partial charge in [-0.2, -0.15) is 0 Å². The molecule has 3 heteroatoms. The zero-order valence-electron chi connectivity index (χ0n) is 11.4. The van der Waals surface area contributed by atoms with Crippen LogP contribution in [0.15, 0.2) is 12.1 Å². The molecule has 0 aliphatic heterocycles. The molecule has 1 aromatic carbocycles. The van der Waals surface area contributed by atoms with Gasteiger partial charge in [0.05, 0.1) is 19.8 Å². The molecule has 0 aliphatic rings. The fraction of sp³-hybridized carbons (Fsp3) is 0.571. The number of aliphatic hydroxyl groups is 1. The zero-order chi connectivity index (χ0) is 13.0. The normalized spacial score (nSPS) is 12.6. The second-order valence-corrected chi connectivity index (χ2v) is 4.81. The average molecular weight is 237 g/mol. The van der Waals surface area contributed by atoms with Gasteiger partial charge in [0.25, 0.3) is 0 Å². The Bertz CT molecular complexity index is 375. The summed E-state index contributed by atoms with van der Waals surface area (Å²) in [5.41, 5.74) is 3.30. The number of hydrogen-bond acceptors (Lipinski definition) is 3. The van der Waals surface area contributed by atoms with E-state index in [0.29, 0.717) is 5.92 Å². The summed E-state index contributed by atoms with van der Waals surface area (Å²) in [4.78, 5) is 0. The van der Waals surface area contributed by atoms with Crippen LogP contribution in [-0.4, -0.2) is 24.9 Å². The molecule has 0 aliphatic carbocycles. The summed E-state index contributed by atoms with van der Waals surface area (Å²) in [6.45, 7) is 8.40. The number of ether oxygens (including phenoxy) is 1. The molecule has 96 valence electrons. The van der Waals surface area contributed by atoms with Gasteiger partial charge in [-0.3, -0.25) is 0 Å². The molecule has 0 amide bonds. The number of benzene rings is 1. The van der Waals surface area contributed by atoms with E-state index < -0.39 is 0 Å². The van der Waals surface area contributed by atoms with E-state index >= 15 is 0 Å². The Kier molecular flexibility index (Phi) is 4.82. The molecular weight excluding hydrogens is 214 g/mol. The summed E-state index contributed by atoms with van der Waals surface area (Å²) >= 11 is 0. The first-order valence-electron chi connectivity index (χ1n) is 6.02. The number of rotatable bonds is 5. The van der Waals surface area contributed by atoms with Gasteiger partial charge >= 0.3 is 0 Å². The fourth-order valence-electron chi connectivity index (χ4n) is 1.79. The van der Waals surface area contributed by atoms with Gasteiger partial charge in [0, 0.05) is 5.69 Å². The van der Waals surface area contributed by atoms with Crippen molar-refractivity contribution in [2.45, 2.75) is 33.7 Å². The van der Waals surface area contributed by atoms with Crippen molar-refractivity contribution in [1.29, 1.82) is 0 Å². The second kappa shape index (κ2) is 5.92. The molecular formula is C14H23NO2. The minimum absolute atomic E-state index is 0.0847. The number of nitrogens with one attached hydrogen (secondary N) is 1. The highest BCUT2D eigenvalue weighted by atomic mass is 16.5. The Hall–Kier alpha value is -1.22. The van der Waals surface area contributed by atoms with E-state index in [1.54, 1.807) is 7.11 Å². The number of anilines is 1. The Morgan fingerprint density at radius 2 is 1.88 bits per heavy atom. The molecule has 2 N–H and O–H groups in total. The number of aliphatic hydroxyl groups excluding tert-OH is 1. The lowest BCUT2D eigenvalue weighted by Crippen LogP contribution is -2.29. The third-order valence-corrected chi connectivity index (χ3v) is 3.08. The highest BCUT2D eigenvalue weighted by Gasteiger charge is 2.13. The van der Waals surface area contributed by atoms with Crippen LogP contribution in [0.4, 0.5) is 5.69 Å². The van der Waals surface area contributed by atoms with E-state index in [1.807, 2.05) is 19.9 Å². The van der Waals surface area contributed by atoms with Crippen LogP contribution in [0.5, 0.6) is 5.75 Å². The van der Waals surface area contributed by atoms with Gasteiger partial charge in [-0.05, 0) is 43.0 Å². The summed E-state index contributed by atoms with van der Waals surface area (Å²) in [7, 11) is 1.68. The molecule has 1 rings (SSSR count). The van der Waals surface area contributed by atoms with E-state index in [2.05, 4.69) is 25.2 Å². The third-order valence-electron chi connectivity index (χ3n) is 3.08. The minimum Gasteiger partial charge on any atom is -0.496 e. The molecule has 0 heterocycles. The van der Waals surface area contributed by atoms with Crippen LogP contribution in [0.3, 0.4) is 0 Å². The van der Waals surface area contributed by atoms with Crippen molar-refractivity contribution in [2.75, 3.05) is 19.0 Å². The highest BCUT2D eigenvalue weighted by Crippen LogP contribution is 2.27. The van der Waals surface area contributed by atoms with Gasteiger partial charge in [-0.1, -0.05) is 13.8 Å². The Labute approximate surface area is 104 Å². The van der Waals surface area contributed by atoms with E-state index in [9.17, 15) is 5.11 Å². The molecule has 17 heavy (non-hydrogen) atoms. The number of hydrogen-bond donors (Lipinski definition) is 2. The predicted molar refractivity (Wildman–Crippen MR) is 71.8 cm³/mol. The molecule has 0 aromatic heterocycles. The highest BCUT2D eigenvalue weighted by molar-refractivity contribution is 5.57. The van der Waals surface area contributed by atoms with Crippen LogP contribution < -0.4 is 10.1 Å². The molecule has 0 spiro atoms. The van der Waals surface area contributed by atoms with E-state index in [4.69, 9.17) is 4.74 Å². The molecule has 1 aromatic rings. The fourth-order valence-corrected chi connectivity index (χ4v) is 1.79. The first-order chi connectivity index (χ1) is 7.99. The summed E-state index contributed by atoms with van der Waals surface area (Å²) in [5, 5.41) is 12.7. The third kappa shape index (κ3) is 3.37. The van der Waals surface area contributed by atoms with Gasteiger partial charge in [0.15, 0.2) is 0 Å². The van der Waals surface area contributed by atoms with Crippen LogP contribution >= 0.6 is 0 Å². The molecule has 0 radical (unpaired) electrons. The molecule has 1 atom stereocenters. The minimum atomic E-state index is 0.0847. The summed E-state index contributed by atoms with van der Waals surface area (Å²) in [6, 6.07) is 4.17. The standard InChI is InChI=1S/C14H23NO2/c1-9(2)13(8-16)15-12-6-11(4)14(17-5)7-10(12)3/h6-7,9,13,15-16H,8H2,1-5H3. The maximum absolute atomic E-state index is 9.33. The number of methoxy groups -OCH3 is 1. The lowest BCUT2D eigenvalue weighted by atomic mass is 10.0. The Morgan fingerprint density at radius 1 is 1.24 bits per heavy atom. The first-order valence-corrected chi connectivity index (χ1v) is 6.02. The second-order valence-electron chi connectivity index (χ2n) is 4.81. The van der Waals surface area contributed by atoms with Crippen molar-refractivity contribution in [1.82, 2.24) is 0 Å². The summed E-state index contributed by atoms with van der Waals surface area (Å²) < 4.78 is 5.28. The number of aryl methyl sites for hydroxylation is 2. The molecule has 0 fully saturated rings. The summed E-state index contributed by atoms with van der Waals surface area (Å²) in [6.07, 6.45) is 0. The van der Waals surface area contributed by atoms with Crippen molar-refractivity contribution in [2.24, 2.45) is 5.92 Å². The van der Waals surface area contributed by atoms with Gasteiger partial charge < -0.3 is 15.2 Å². The van der Waals surface area contributed by atoms with Gasteiger partial charge in [-0.25, -0.2) is 0 Å². The predicted octanol–water partition coefficient (Wildman–Crippen LogP) is 2.74. The van der Waals surface area contributed by atoms with Gasteiger partial charge in [-0.15, -0.1) is 0 Å². The van der Waals surface area contributed by atoms with E-state index in [-0.39, 0.29) is 12.6 Å². The van der Waals surface area contributed by atoms with Gasteiger partial charge in [0.2, 0.25) is 0 Å². The van der Waals surface area contributed by atoms with Crippen molar-refractivity contribution >= 4 is 5.69 Å². The summed E-state index contributed by atoms with van der Waals surface area (Å²) in [5.74, 6) is 1.29. The molecule has 0 bridgehead atoms. The van der Waals surface area contributed by atoms with E-state index in [0.717, 1.165) is 22.6 Å². The largest absolute Gasteiger partial charge is 0.496 e. The van der Waals surface area contributed by atoms with Crippen LogP contribution in [0.25, 0.3) is 0 Å². The van der Waals surface area contributed by atoms with Crippen LogP contribution in [-0.2, 0) is 0 Å². The lowest BCUT2D eigenvalue weighted by molar-refractivity contribution is 0.249. The van der Waals surface area contributed by atoms with E-state index in [1.165, 1.54) is 0 Å². The average Bonchev–Trinajstić information content (AvgIpc) is 2.29. The molecule has 0 saturated heterocycles. The molecule has 0 saturated carbocycles. The van der Waals surface area contributed by atoms with Crippen LogP contribution in [0.2, 0.25) is 0 Å². The van der Waals surface area contributed by atoms with Crippen molar-refractivity contribution < 1.29 is 9.84 Å². The molecule has 3 nitrogen and oxygen atoms in total.